The molecule has 0 aliphatic heterocycles. The van der Waals surface area contributed by atoms with Gasteiger partial charge in [0, 0.05) is 29.3 Å². The molecule has 0 bridgehead atoms. The zero-order valence-corrected chi connectivity index (χ0v) is 16.0. The van der Waals surface area contributed by atoms with Crippen LogP contribution in [0, 0.1) is 0 Å². The maximum atomic E-state index is 10.9. The summed E-state index contributed by atoms with van der Waals surface area (Å²) in [5.41, 5.74) is 2.19. The summed E-state index contributed by atoms with van der Waals surface area (Å²) in [5.74, 6) is 1.12. The number of para-hydroxylation sites is 1. The first-order valence-electron chi connectivity index (χ1n) is 7.11. The number of amides is 1. The van der Waals surface area contributed by atoms with Crippen LogP contribution >= 0.6 is 35.0 Å². The number of rotatable bonds is 4. The summed E-state index contributed by atoms with van der Waals surface area (Å²) < 4.78 is 0. The van der Waals surface area contributed by atoms with E-state index in [4.69, 9.17) is 11.6 Å². The van der Waals surface area contributed by atoms with Crippen molar-refractivity contribution in [3.8, 4) is 0 Å². The lowest BCUT2D eigenvalue weighted by atomic mass is 10.2. The molecular weight excluding hydrogens is 349 g/mol. The van der Waals surface area contributed by atoms with Gasteiger partial charge in [0.2, 0.25) is 5.91 Å². The maximum Gasteiger partial charge on any atom is 0.224 e. The molecule has 0 saturated carbocycles. The number of carbonyl (C=O) groups is 1. The van der Waals surface area contributed by atoms with Crippen LogP contribution in [-0.4, -0.2) is 18.5 Å². The summed E-state index contributed by atoms with van der Waals surface area (Å²) in [4.78, 5) is 10.9. The van der Waals surface area contributed by atoms with Crippen molar-refractivity contribution in [3.63, 3.8) is 0 Å². The summed E-state index contributed by atoms with van der Waals surface area (Å²) in [6.07, 6.45) is 4.09. The van der Waals surface area contributed by atoms with Gasteiger partial charge in [-0.2, -0.15) is 11.8 Å². The van der Waals surface area contributed by atoms with E-state index in [1.165, 1.54) is 11.9 Å². The fourth-order valence-corrected chi connectivity index (χ4v) is 2.17. The van der Waals surface area contributed by atoms with Crippen LogP contribution in [0.4, 0.5) is 5.69 Å². The van der Waals surface area contributed by atoms with Crippen molar-refractivity contribution in [1.29, 1.82) is 0 Å². The third kappa shape index (κ3) is 11.1. The van der Waals surface area contributed by atoms with E-state index in [2.05, 4.69) is 35.3 Å². The van der Waals surface area contributed by atoms with Gasteiger partial charge in [0.15, 0.2) is 0 Å². The van der Waals surface area contributed by atoms with Crippen molar-refractivity contribution in [2.45, 2.75) is 19.1 Å². The number of nitrogens with one attached hydrogen (secondary N) is 1. The summed E-state index contributed by atoms with van der Waals surface area (Å²) in [6, 6.07) is 17.4. The highest BCUT2D eigenvalue weighted by Gasteiger charge is 1.95. The molecule has 2 nitrogen and oxygen atoms in total. The minimum Gasteiger partial charge on any atom is -0.326 e. The minimum atomic E-state index is 0.0520. The van der Waals surface area contributed by atoms with Crippen molar-refractivity contribution >= 4 is 46.6 Å². The third-order valence-corrected chi connectivity index (χ3v) is 3.48. The molecule has 0 saturated heterocycles. The molecule has 1 amide bonds. The minimum absolute atomic E-state index is 0.0520. The molecule has 2 aromatic carbocycles. The van der Waals surface area contributed by atoms with E-state index in [9.17, 15) is 4.79 Å². The molecule has 23 heavy (non-hydrogen) atoms. The largest absolute Gasteiger partial charge is 0.326 e. The molecule has 2 aromatic rings. The van der Waals surface area contributed by atoms with Gasteiger partial charge in [0.05, 0.1) is 0 Å². The van der Waals surface area contributed by atoms with E-state index in [1.54, 1.807) is 0 Å². The Kier molecular flexibility index (Phi) is 13.7. The Morgan fingerprint density at radius 3 is 2.09 bits per heavy atom. The van der Waals surface area contributed by atoms with E-state index in [0.29, 0.717) is 6.42 Å². The summed E-state index contributed by atoms with van der Waals surface area (Å²) in [7, 11) is 0. The Balaban J connectivity index is 0.000000381. The van der Waals surface area contributed by atoms with Crippen LogP contribution in [0.5, 0.6) is 0 Å². The SMILES string of the molecule is CCC(=O)Nc1ccccc1.CCl.CSCc1ccc(Cl)cc1. The molecule has 0 heterocycles. The average molecular weight is 372 g/mol. The number of hydrogen-bond acceptors (Lipinski definition) is 2. The molecule has 0 aliphatic rings. The topological polar surface area (TPSA) is 29.1 Å². The highest BCUT2D eigenvalue weighted by molar-refractivity contribution is 7.97. The summed E-state index contributed by atoms with van der Waals surface area (Å²) >= 11 is 12.2. The lowest BCUT2D eigenvalue weighted by molar-refractivity contribution is -0.115. The molecule has 1 N–H and O–H groups in total. The number of alkyl halides is 1. The molecule has 0 radical (unpaired) electrons. The van der Waals surface area contributed by atoms with Gasteiger partial charge in [-0.25, -0.2) is 0 Å². The quantitative estimate of drug-likeness (QED) is 0.658. The van der Waals surface area contributed by atoms with Crippen LogP contribution in [0.25, 0.3) is 0 Å². The second-order valence-corrected chi connectivity index (χ2v) is 5.63. The van der Waals surface area contributed by atoms with Gasteiger partial charge in [-0.1, -0.05) is 48.9 Å². The van der Waals surface area contributed by atoms with Crippen LogP contribution < -0.4 is 5.32 Å². The number of thioether (sulfide) groups is 1. The number of hydrogen-bond donors (Lipinski definition) is 1. The lowest BCUT2D eigenvalue weighted by Crippen LogP contribution is -2.08. The molecular formula is C18H23Cl2NOS. The third-order valence-electron chi connectivity index (χ3n) is 2.60. The highest BCUT2D eigenvalue weighted by atomic mass is 35.5. The monoisotopic (exact) mass is 371 g/mol. The van der Waals surface area contributed by atoms with Gasteiger partial charge >= 0.3 is 0 Å². The zero-order valence-electron chi connectivity index (χ0n) is 13.7. The Morgan fingerprint density at radius 2 is 1.61 bits per heavy atom. The highest BCUT2D eigenvalue weighted by Crippen LogP contribution is 2.13. The van der Waals surface area contributed by atoms with E-state index >= 15 is 0 Å². The molecule has 5 heteroatoms. The zero-order chi connectivity index (χ0) is 17.5. The molecule has 126 valence electrons. The van der Waals surface area contributed by atoms with E-state index in [0.717, 1.165) is 16.5 Å². The Morgan fingerprint density at radius 1 is 1.04 bits per heavy atom. The van der Waals surface area contributed by atoms with Gasteiger partial charge in [-0.3, -0.25) is 4.79 Å². The van der Waals surface area contributed by atoms with Crippen molar-refractivity contribution in [2.24, 2.45) is 0 Å². The van der Waals surface area contributed by atoms with Crippen LogP contribution in [0.1, 0.15) is 18.9 Å². The maximum absolute atomic E-state index is 10.9. The molecule has 0 aliphatic carbocycles. The molecule has 2 rings (SSSR count). The van der Waals surface area contributed by atoms with Crippen LogP contribution in [-0.2, 0) is 10.5 Å². The smallest absolute Gasteiger partial charge is 0.224 e. The van der Waals surface area contributed by atoms with Crippen molar-refractivity contribution in [1.82, 2.24) is 0 Å². The standard InChI is InChI=1S/C9H11NO.C8H9ClS.CH3Cl/c1-2-9(11)10-8-6-4-3-5-7-8;1-10-6-7-2-4-8(9)5-3-7;1-2/h3-7H,2H2,1H3,(H,10,11);2-5H,6H2,1H3;1H3. The van der Waals surface area contributed by atoms with Crippen LogP contribution in [0.2, 0.25) is 5.02 Å². The Hall–Kier alpha value is -1.16. The predicted octanol–water partition coefficient (Wildman–Crippen LogP) is 6.09. The fraction of sp³-hybridized carbons (Fsp3) is 0.278. The summed E-state index contributed by atoms with van der Waals surface area (Å²) in [6.45, 7) is 1.83. The van der Waals surface area contributed by atoms with Crippen molar-refractivity contribution in [3.05, 3.63) is 65.2 Å². The molecule has 0 fully saturated rings. The first-order valence-corrected chi connectivity index (χ1v) is 9.64. The van der Waals surface area contributed by atoms with E-state index in [-0.39, 0.29) is 5.91 Å². The van der Waals surface area contributed by atoms with Gasteiger partial charge < -0.3 is 5.32 Å². The van der Waals surface area contributed by atoms with Crippen LogP contribution in [0.3, 0.4) is 0 Å². The molecule has 0 atom stereocenters. The summed E-state index contributed by atoms with van der Waals surface area (Å²) in [5, 5.41) is 3.56. The Labute approximate surface area is 153 Å². The van der Waals surface area contributed by atoms with Gasteiger partial charge in [-0.15, -0.1) is 11.6 Å². The molecule has 0 aromatic heterocycles. The Bertz CT molecular complexity index is 532. The number of halogens is 2. The normalized spacial score (nSPS) is 8.91. The molecule has 0 unspecified atom stereocenters. The van der Waals surface area contributed by atoms with Gasteiger partial charge in [-0.05, 0) is 36.1 Å². The second-order valence-electron chi connectivity index (χ2n) is 4.33. The average Bonchev–Trinajstić information content (AvgIpc) is 2.60. The van der Waals surface area contributed by atoms with Gasteiger partial charge in [0.1, 0.15) is 0 Å². The fourth-order valence-electron chi connectivity index (χ4n) is 1.52. The molecule has 0 spiro atoms. The van der Waals surface area contributed by atoms with E-state index in [1.807, 2.05) is 61.2 Å². The van der Waals surface area contributed by atoms with E-state index < -0.39 is 0 Å². The van der Waals surface area contributed by atoms with Gasteiger partial charge in [0.25, 0.3) is 0 Å². The number of anilines is 1. The number of benzene rings is 2. The second kappa shape index (κ2) is 14.4. The first kappa shape index (κ1) is 21.8. The van der Waals surface area contributed by atoms with Crippen molar-refractivity contribution < 1.29 is 4.79 Å². The van der Waals surface area contributed by atoms with Crippen molar-refractivity contribution in [2.75, 3.05) is 18.0 Å². The number of carbonyl (C=O) groups excluding carboxylic acids is 1. The first-order chi connectivity index (χ1) is 11.2. The van der Waals surface area contributed by atoms with Crippen LogP contribution in [0.15, 0.2) is 54.6 Å². The predicted molar refractivity (Wildman–Crippen MR) is 106 cm³/mol. The lowest BCUT2D eigenvalue weighted by Gasteiger charge is -2.00.